The fourth-order valence-corrected chi connectivity index (χ4v) is 3.98. The quantitative estimate of drug-likeness (QED) is 0.470. The fourth-order valence-electron chi connectivity index (χ4n) is 3.98. The van der Waals surface area contributed by atoms with Crippen molar-refractivity contribution in [1.82, 2.24) is 0 Å². The summed E-state index contributed by atoms with van der Waals surface area (Å²) < 4.78 is 0. The largest absolute Gasteiger partial charge is 0.396 e. The first-order chi connectivity index (χ1) is 13.7. The van der Waals surface area contributed by atoms with E-state index in [4.69, 9.17) is 0 Å². The van der Waals surface area contributed by atoms with E-state index in [0.29, 0.717) is 0 Å². The molecule has 0 aliphatic carbocycles. The van der Waals surface area contributed by atoms with Gasteiger partial charge in [-0.05, 0) is 70.2 Å². The summed E-state index contributed by atoms with van der Waals surface area (Å²) >= 11 is 0. The molecular weight excluding hydrogens is 340 g/mol. The minimum absolute atomic E-state index is 0.203. The van der Waals surface area contributed by atoms with E-state index in [1.54, 1.807) is 0 Å². The van der Waals surface area contributed by atoms with Crippen LogP contribution in [0.1, 0.15) is 49.4 Å². The minimum Gasteiger partial charge on any atom is -0.396 e. The Balaban J connectivity index is 1.97. The van der Waals surface area contributed by atoms with Crippen LogP contribution in [0.4, 0.5) is 0 Å². The van der Waals surface area contributed by atoms with Gasteiger partial charge in [0.15, 0.2) is 0 Å². The Bertz CT molecular complexity index is 906. The van der Waals surface area contributed by atoms with Crippen LogP contribution in [-0.2, 0) is 25.7 Å². The summed E-state index contributed by atoms with van der Waals surface area (Å²) in [6, 6.07) is 22.6. The first kappa shape index (κ1) is 20.4. The van der Waals surface area contributed by atoms with Crippen LogP contribution in [0.25, 0.3) is 22.3 Å². The van der Waals surface area contributed by atoms with Crippen LogP contribution < -0.4 is 0 Å². The van der Waals surface area contributed by atoms with Gasteiger partial charge in [0.25, 0.3) is 0 Å². The van der Waals surface area contributed by atoms with Gasteiger partial charge in [0.05, 0.1) is 0 Å². The highest BCUT2D eigenvalue weighted by atomic mass is 16.2. The number of aliphatic hydroxyl groups is 1. The molecule has 0 unspecified atom stereocenters. The molecule has 0 saturated heterocycles. The van der Waals surface area contributed by atoms with Crippen molar-refractivity contribution in [2.75, 3.05) is 6.61 Å². The topological polar surface area (TPSA) is 20.2 Å². The molecule has 0 amide bonds. The second-order valence-corrected chi connectivity index (χ2v) is 7.49. The maximum absolute atomic E-state index is 9.22. The smallest absolute Gasteiger partial charge is 0.0471 e. The van der Waals surface area contributed by atoms with Crippen molar-refractivity contribution in [2.45, 2.75) is 52.9 Å². The first-order valence-electron chi connectivity index (χ1n) is 10.6. The van der Waals surface area contributed by atoms with Gasteiger partial charge in [-0.15, -0.1) is 0 Å². The molecule has 0 spiro atoms. The molecule has 1 nitrogen and oxygen atoms in total. The van der Waals surface area contributed by atoms with Gasteiger partial charge in [-0.2, -0.15) is 0 Å². The van der Waals surface area contributed by atoms with Crippen molar-refractivity contribution >= 4 is 0 Å². The molecule has 0 aromatic heterocycles. The predicted octanol–water partition coefficient (Wildman–Crippen LogP) is 6.63. The minimum atomic E-state index is 0.203. The summed E-state index contributed by atoms with van der Waals surface area (Å²) in [5, 5.41) is 9.22. The van der Waals surface area contributed by atoms with E-state index in [2.05, 4.69) is 81.4 Å². The third-order valence-electron chi connectivity index (χ3n) is 5.55. The highest BCUT2D eigenvalue weighted by Crippen LogP contribution is 2.32. The van der Waals surface area contributed by atoms with Gasteiger partial charge in [-0.3, -0.25) is 0 Å². The van der Waals surface area contributed by atoms with Crippen LogP contribution in [0.5, 0.6) is 0 Å². The monoisotopic (exact) mass is 372 g/mol. The average Bonchev–Trinajstić information content (AvgIpc) is 2.74. The molecule has 0 saturated carbocycles. The molecule has 0 aliphatic heterocycles. The maximum Gasteiger partial charge on any atom is 0.0471 e. The predicted molar refractivity (Wildman–Crippen MR) is 121 cm³/mol. The molecule has 3 rings (SSSR count). The summed E-state index contributed by atoms with van der Waals surface area (Å²) in [4.78, 5) is 0. The highest BCUT2D eigenvalue weighted by Gasteiger charge is 2.10. The van der Waals surface area contributed by atoms with E-state index < -0.39 is 0 Å². The van der Waals surface area contributed by atoms with Crippen LogP contribution in [-0.4, -0.2) is 11.7 Å². The lowest BCUT2D eigenvalue weighted by Gasteiger charge is -2.15. The Labute approximate surface area is 170 Å². The van der Waals surface area contributed by atoms with E-state index in [1.807, 2.05) is 0 Å². The molecular formula is C27H32O. The van der Waals surface area contributed by atoms with Crippen LogP contribution in [0.3, 0.4) is 0 Å². The van der Waals surface area contributed by atoms with Gasteiger partial charge in [0.1, 0.15) is 0 Å². The Morgan fingerprint density at radius 3 is 1.82 bits per heavy atom. The number of aryl methyl sites for hydroxylation is 3. The average molecular weight is 373 g/mol. The van der Waals surface area contributed by atoms with Crippen LogP contribution in [0.15, 0.2) is 60.7 Å². The summed E-state index contributed by atoms with van der Waals surface area (Å²) in [5.41, 5.74) is 10.6. The van der Waals surface area contributed by atoms with Crippen LogP contribution in [0.2, 0.25) is 0 Å². The van der Waals surface area contributed by atoms with Gasteiger partial charge >= 0.3 is 0 Å². The molecule has 1 heteroatoms. The molecule has 0 atom stereocenters. The molecule has 1 N–H and O–H groups in total. The zero-order chi connectivity index (χ0) is 19.9. The van der Waals surface area contributed by atoms with Gasteiger partial charge < -0.3 is 5.11 Å². The number of hydrogen-bond acceptors (Lipinski definition) is 1. The molecule has 0 aliphatic rings. The summed E-state index contributed by atoms with van der Waals surface area (Å²) in [5.74, 6) is 0. The Morgan fingerprint density at radius 2 is 1.18 bits per heavy atom. The van der Waals surface area contributed by atoms with Crippen molar-refractivity contribution in [3.05, 3.63) is 82.9 Å². The van der Waals surface area contributed by atoms with Crippen molar-refractivity contribution in [2.24, 2.45) is 0 Å². The van der Waals surface area contributed by atoms with Gasteiger partial charge in [0, 0.05) is 6.61 Å². The van der Waals surface area contributed by atoms with E-state index in [1.165, 1.54) is 50.9 Å². The molecule has 146 valence electrons. The van der Waals surface area contributed by atoms with Gasteiger partial charge in [-0.1, -0.05) is 87.9 Å². The van der Waals surface area contributed by atoms with Crippen molar-refractivity contribution in [3.8, 4) is 22.3 Å². The SMILES string of the molecule is CCCc1ccc(-c2ccc(-c3ccc(CCO)cc3CC)cc2CC)cc1. The molecule has 0 bridgehead atoms. The summed E-state index contributed by atoms with van der Waals surface area (Å²) in [7, 11) is 0. The molecule has 3 aromatic carbocycles. The highest BCUT2D eigenvalue weighted by molar-refractivity contribution is 5.75. The molecule has 0 radical (unpaired) electrons. The number of hydrogen-bond donors (Lipinski definition) is 1. The zero-order valence-corrected chi connectivity index (χ0v) is 17.5. The lowest BCUT2D eigenvalue weighted by atomic mass is 9.90. The Kier molecular flexibility index (Phi) is 7.06. The van der Waals surface area contributed by atoms with Crippen molar-refractivity contribution < 1.29 is 5.11 Å². The lowest BCUT2D eigenvalue weighted by molar-refractivity contribution is 0.299. The summed E-state index contributed by atoms with van der Waals surface area (Å²) in [6.45, 7) is 6.87. The molecule has 0 fully saturated rings. The number of aliphatic hydroxyl groups excluding tert-OH is 1. The third kappa shape index (κ3) is 4.54. The second-order valence-electron chi connectivity index (χ2n) is 7.49. The fraction of sp³-hybridized carbons (Fsp3) is 0.333. The van der Waals surface area contributed by atoms with E-state index in [9.17, 15) is 5.11 Å². The number of benzene rings is 3. The normalized spacial score (nSPS) is 11.0. The van der Waals surface area contributed by atoms with Crippen LogP contribution >= 0.6 is 0 Å². The van der Waals surface area contributed by atoms with E-state index >= 15 is 0 Å². The van der Waals surface area contributed by atoms with Gasteiger partial charge in [0.2, 0.25) is 0 Å². The van der Waals surface area contributed by atoms with Crippen LogP contribution in [0, 0.1) is 0 Å². The first-order valence-corrected chi connectivity index (χ1v) is 10.6. The summed E-state index contributed by atoms with van der Waals surface area (Å²) in [6.07, 6.45) is 5.07. The molecule has 0 heterocycles. The third-order valence-corrected chi connectivity index (χ3v) is 5.55. The van der Waals surface area contributed by atoms with Crippen molar-refractivity contribution in [3.63, 3.8) is 0 Å². The Hall–Kier alpha value is -2.38. The van der Waals surface area contributed by atoms with Crippen molar-refractivity contribution in [1.29, 1.82) is 0 Å². The molecule has 28 heavy (non-hydrogen) atoms. The molecule has 3 aromatic rings. The van der Waals surface area contributed by atoms with E-state index in [-0.39, 0.29) is 6.61 Å². The lowest BCUT2D eigenvalue weighted by Crippen LogP contribution is -1.96. The Morgan fingerprint density at radius 1 is 0.607 bits per heavy atom. The van der Waals surface area contributed by atoms with E-state index in [0.717, 1.165) is 25.7 Å². The maximum atomic E-state index is 9.22. The standard InChI is InChI=1S/C27H32O/c1-4-7-20-8-11-24(12-9-20)26-15-13-25(19-23(26)6-3)27-14-10-21(16-17-28)18-22(27)5-2/h8-15,18-19,28H,4-7,16-17H2,1-3H3. The second kappa shape index (κ2) is 9.71. The van der Waals surface area contributed by atoms with Gasteiger partial charge in [-0.25, -0.2) is 0 Å². The number of rotatable bonds is 8. The zero-order valence-electron chi connectivity index (χ0n) is 17.5.